The van der Waals surface area contributed by atoms with Crippen molar-refractivity contribution < 1.29 is 14.2 Å². The molecule has 1 aliphatic rings. The highest BCUT2D eigenvalue weighted by Crippen LogP contribution is 2.24. The number of benzene rings is 1. The zero-order valence-electron chi connectivity index (χ0n) is 10.6. The molecule has 1 aromatic carbocycles. The standard InChI is InChI=1S/C14H13IN2O3/c15-12-6-7-13(17-16-12)20-11-8-18-14(19-9-11)10-4-2-1-3-5-10/h1-7,11,14H,8-9H2. The summed E-state index contributed by atoms with van der Waals surface area (Å²) in [4.78, 5) is 0. The van der Waals surface area contributed by atoms with E-state index in [0.717, 1.165) is 9.26 Å². The lowest BCUT2D eigenvalue weighted by atomic mass is 10.2. The smallest absolute Gasteiger partial charge is 0.233 e. The molecule has 2 aromatic rings. The molecular formula is C14H13IN2O3. The van der Waals surface area contributed by atoms with E-state index < -0.39 is 0 Å². The maximum Gasteiger partial charge on any atom is 0.233 e. The number of nitrogens with zero attached hydrogens (tertiary/aromatic N) is 2. The predicted molar refractivity (Wildman–Crippen MR) is 80.3 cm³/mol. The minimum absolute atomic E-state index is 0.163. The summed E-state index contributed by atoms with van der Waals surface area (Å²) in [5.41, 5.74) is 1.01. The Labute approximate surface area is 130 Å². The first-order valence-corrected chi connectivity index (χ1v) is 7.33. The molecule has 5 nitrogen and oxygen atoms in total. The van der Waals surface area contributed by atoms with Gasteiger partial charge >= 0.3 is 0 Å². The number of ether oxygens (including phenoxy) is 3. The van der Waals surface area contributed by atoms with E-state index in [9.17, 15) is 0 Å². The van der Waals surface area contributed by atoms with Crippen molar-refractivity contribution in [1.29, 1.82) is 0 Å². The Morgan fingerprint density at radius 1 is 1.00 bits per heavy atom. The molecule has 104 valence electrons. The lowest BCUT2D eigenvalue weighted by Crippen LogP contribution is -2.35. The fraction of sp³-hybridized carbons (Fsp3) is 0.286. The summed E-state index contributed by atoms with van der Waals surface area (Å²) in [7, 11) is 0. The van der Waals surface area contributed by atoms with Gasteiger partial charge in [0.2, 0.25) is 5.88 Å². The largest absolute Gasteiger partial charge is 0.468 e. The van der Waals surface area contributed by atoms with Crippen molar-refractivity contribution in [2.45, 2.75) is 12.4 Å². The van der Waals surface area contributed by atoms with Gasteiger partial charge in [-0.25, -0.2) is 0 Å². The molecule has 0 radical (unpaired) electrons. The van der Waals surface area contributed by atoms with Gasteiger partial charge in [-0.2, -0.15) is 0 Å². The average Bonchev–Trinajstić information content (AvgIpc) is 2.51. The van der Waals surface area contributed by atoms with Crippen LogP contribution in [0, 0.1) is 3.70 Å². The summed E-state index contributed by atoms with van der Waals surface area (Å²) < 4.78 is 17.8. The summed E-state index contributed by atoms with van der Waals surface area (Å²) in [5.74, 6) is 0.487. The fourth-order valence-electron chi connectivity index (χ4n) is 1.89. The highest BCUT2D eigenvalue weighted by molar-refractivity contribution is 14.1. The molecule has 1 aromatic heterocycles. The van der Waals surface area contributed by atoms with Gasteiger partial charge in [-0.15, -0.1) is 10.2 Å². The number of rotatable bonds is 3. The van der Waals surface area contributed by atoms with Gasteiger partial charge in [0.15, 0.2) is 6.29 Å². The molecule has 0 unspecified atom stereocenters. The third kappa shape index (κ3) is 3.44. The monoisotopic (exact) mass is 384 g/mol. The maximum absolute atomic E-state index is 5.68. The predicted octanol–water partition coefficient (Wildman–Crippen LogP) is 2.57. The van der Waals surface area contributed by atoms with Gasteiger partial charge in [0.25, 0.3) is 0 Å². The molecule has 3 rings (SSSR count). The summed E-state index contributed by atoms with van der Waals surface area (Å²) in [6, 6.07) is 13.5. The Morgan fingerprint density at radius 2 is 1.75 bits per heavy atom. The van der Waals surface area contributed by atoms with Crippen LogP contribution in [-0.2, 0) is 9.47 Å². The molecule has 20 heavy (non-hydrogen) atoms. The second-order valence-electron chi connectivity index (χ2n) is 4.34. The van der Waals surface area contributed by atoms with Crippen LogP contribution in [0.25, 0.3) is 0 Å². The molecule has 0 aliphatic carbocycles. The highest BCUT2D eigenvalue weighted by Gasteiger charge is 2.24. The van der Waals surface area contributed by atoms with Gasteiger partial charge in [-0.1, -0.05) is 30.3 Å². The van der Waals surface area contributed by atoms with Gasteiger partial charge in [0.05, 0.1) is 13.2 Å². The molecule has 1 aliphatic heterocycles. The quantitative estimate of drug-likeness (QED) is 0.762. The minimum atomic E-state index is -0.321. The highest BCUT2D eigenvalue weighted by atomic mass is 127. The molecule has 0 spiro atoms. The van der Waals surface area contributed by atoms with Gasteiger partial charge in [-0.05, 0) is 28.7 Å². The number of hydrogen-bond donors (Lipinski definition) is 0. The SMILES string of the molecule is Ic1ccc(OC2COC(c3ccccc3)OC2)nn1. The molecule has 0 N–H and O–H groups in total. The van der Waals surface area contributed by atoms with Crippen LogP contribution in [0.5, 0.6) is 5.88 Å². The van der Waals surface area contributed by atoms with E-state index in [1.165, 1.54) is 0 Å². The Morgan fingerprint density at radius 3 is 2.40 bits per heavy atom. The van der Waals surface area contributed by atoms with Crippen molar-refractivity contribution in [2.75, 3.05) is 13.2 Å². The lowest BCUT2D eigenvalue weighted by Gasteiger charge is -2.29. The van der Waals surface area contributed by atoms with Crippen LogP contribution in [0.2, 0.25) is 0 Å². The first kappa shape index (κ1) is 13.7. The van der Waals surface area contributed by atoms with E-state index in [1.807, 2.05) is 36.4 Å². The summed E-state index contributed by atoms with van der Waals surface area (Å²) in [6.45, 7) is 0.931. The summed E-state index contributed by atoms with van der Waals surface area (Å²) in [6.07, 6.45) is -0.483. The van der Waals surface area contributed by atoms with Crippen LogP contribution in [-0.4, -0.2) is 29.5 Å². The van der Waals surface area contributed by atoms with Crippen LogP contribution >= 0.6 is 22.6 Å². The van der Waals surface area contributed by atoms with Crippen molar-refractivity contribution in [3.05, 3.63) is 51.7 Å². The molecule has 6 heteroatoms. The fourth-order valence-corrected chi connectivity index (χ4v) is 2.18. The third-order valence-corrected chi connectivity index (χ3v) is 3.41. The Hall–Kier alpha value is -1.25. The lowest BCUT2D eigenvalue weighted by molar-refractivity contribution is -0.216. The number of aromatic nitrogens is 2. The molecule has 0 saturated carbocycles. The van der Waals surface area contributed by atoms with Crippen LogP contribution in [0.1, 0.15) is 11.9 Å². The molecule has 1 fully saturated rings. The van der Waals surface area contributed by atoms with E-state index in [2.05, 4.69) is 32.8 Å². The van der Waals surface area contributed by atoms with E-state index in [0.29, 0.717) is 19.1 Å². The third-order valence-electron chi connectivity index (χ3n) is 2.83. The van der Waals surface area contributed by atoms with Gasteiger partial charge in [-0.3, -0.25) is 0 Å². The minimum Gasteiger partial charge on any atom is -0.468 e. The van der Waals surface area contributed by atoms with Gasteiger partial charge < -0.3 is 14.2 Å². The topological polar surface area (TPSA) is 53.5 Å². The van der Waals surface area contributed by atoms with Crippen LogP contribution in [0.15, 0.2) is 42.5 Å². The summed E-state index contributed by atoms with van der Waals surface area (Å²) in [5, 5.41) is 7.90. The van der Waals surface area contributed by atoms with Crippen molar-refractivity contribution in [3.8, 4) is 5.88 Å². The van der Waals surface area contributed by atoms with Crippen molar-refractivity contribution >= 4 is 22.6 Å². The maximum atomic E-state index is 5.68. The van der Waals surface area contributed by atoms with E-state index in [1.54, 1.807) is 6.07 Å². The molecular weight excluding hydrogens is 371 g/mol. The van der Waals surface area contributed by atoms with Crippen molar-refractivity contribution in [1.82, 2.24) is 10.2 Å². The molecule has 0 bridgehead atoms. The Kier molecular flexibility index (Phi) is 4.44. The Balaban J connectivity index is 1.55. The van der Waals surface area contributed by atoms with Crippen LogP contribution in [0.3, 0.4) is 0 Å². The second kappa shape index (κ2) is 6.47. The van der Waals surface area contributed by atoms with Crippen molar-refractivity contribution in [3.63, 3.8) is 0 Å². The first-order valence-electron chi connectivity index (χ1n) is 6.25. The normalized spacial score (nSPS) is 22.4. The Bertz CT molecular complexity index is 542. The molecule has 0 atom stereocenters. The molecule has 1 saturated heterocycles. The zero-order valence-corrected chi connectivity index (χ0v) is 12.8. The summed E-state index contributed by atoms with van der Waals surface area (Å²) >= 11 is 2.10. The second-order valence-corrected chi connectivity index (χ2v) is 5.45. The number of hydrogen-bond acceptors (Lipinski definition) is 5. The van der Waals surface area contributed by atoms with Gasteiger partial charge in [0.1, 0.15) is 9.80 Å². The van der Waals surface area contributed by atoms with Crippen LogP contribution < -0.4 is 4.74 Å². The molecule has 2 heterocycles. The van der Waals surface area contributed by atoms with Crippen molar-refractivity contribution in [2.24, 2.45) is 0 Å². The van der Waals surface area contributed by atoms with Gasteiger partial charge in [0, 0.05) is 11.6 Å². The first-order chi connectivity index (χ1) is 9.81. The average molecular weight is 384 g/mol. The zero-order chi connectivity index (χ0) is 13.8. The van der Waals surface area contributed by atoms with E-state index in [-0.39, 0.29) is 12.4 Å². The number of halogens is 1. The van der Waals surface area contributed by atoms with Crippen LogP contribution in [0.4, 0.5) is 0 Å². The van der Waals surface area contributed by atoms with E-state index in [4.69, 9.17) is 14.2 Å². The van der Waals surface area contributed by atoms with E-state index >= 15 is 0 Å². The molecule has 0 amide bonds.